The Morgan fingerprint density at radius 3 is 2.63 bits per heavy atom. The lowest BCUT2D eigenvalue weighted by molar-refractivity contribution is 0.188. The van der Waals surface area contributed by atoms with Gasteiger partial charge in [0.15, 0.2) is 0 Å². The minimum absolute atomic E-state index is 0.0912. The van der Waals surface area contributed by atoms with E-state index >= 15 is 0 Å². The predicted molar refractivity (Wildman–Crippen MR) is 74.7 cm³/mol. The maximum Gasteiger partial charge on any atom is 0.252 e. The van der Waals surface area contributed by atoms with Crippen LogP contribution in [0, 0.1) is 0 Å². The third-order valence-electron chi connectivity index (χ3n) is 3.41. The molecule has 6 heteroatoms. The standard InChI is InChI=1S/C13H22N4O2/c1-10(2)13-14-11(9-12(19)15-13)17-5-3-16(4-6-17)7-8-18/h9-10,18H,3-8H2,1-2H3,(H,14,15,19). The van der Waals surface area contributed by atoms with Crippen LogP contribution < -0.4 is 10.5 Å². The molecular formula is C13H22N4O2. The third-order valence-corrected chi connectivity index (χ3v) is 3.41. The van der Waals surface area contributed by atoms with Crippen molar-refractivity contribution in [3.05, 3.63) is 22.2 Å². The largest absolute Gasteiger partial charge is 0.395 e. The first-order valence-corrected chi connectivity index (χ1v) is 6.79. The van der Waals surface area contributed by atoms with E-state index in [1.807, 2.05) is 13.8 Å². The molecule has 19 heavy (non-hydrogen) atoms. The number of hydrogen-bond donors (Lipinski definition) is 2. The molecule has 0 radical (unpaired) electrons. The number of nitrogens with one attached hydrogen (secondary N) is 1. The number of H-pyrrole nitrogens is 1. The predicted octanol–water partition coefficient (Wildman–Crippen LogP) is 0.00760. The molecule has 0 amide bonds. The number of aromatic nitrogens is 2. The van der Waals surface area contributed by atoms with Gasteiger partial charge in [-0.05, 0) is 0 Å². The molecule has 6 nitrogen and oxygen atoms in total. The highest BCUT2D eigenvalue weighted by Crippen LogP contribution is 2.14. The summed E-state index contributed by atoms with van der Waals surface area (Å²) in [5, 5.41) is 8.92. The molecule has 1 fully saturated rings. The number of anilines is 1. The number of rotatable bonds is 4. The van der Waals surface area contributed by atoms with Crippen LogP contribution in [0.2, 0.25) is 0 Å². The van der Waals surface area contributed by atoms with Gasteiger partial charge in [-0.2, -0.15) is 0 Å². The summed E-state index contributed by atoms with van der Waals surface area (Å²) in [6.07, 6.45) is 0. The van der Waals surface area contributed by atoms with Crippen molar-refractivity contribution in [2.45, 2.75) is 19.8 Å². The molecule has 1 aliphatic heterocycles. The topological polar surface area (TPSA) is 72.5 Å². The van der Waals surface area contributed by atoms with Gasteiger partial charge in [-0.1, -0.05) is 13.8 Å². The Kier molecular flexibility index (Phi) is 4.55. The first-order valence-electron chi connectivity index (χ1n) is 6.79. The molecule has 2 heterocycles. The minimum atomic E-state index is -0.0912. The number of hydrogen-bond acceptors (Lipinski definition) is 5. The van der Waals surface area contributed by atoms with E-state index in [0.717, 1.165) is 37.8 Å². The molecule has 1 aromatic heterocycles. The zero-order chi connectivity index (χ0) is 13.8. The Balaban J connectivity index is 2.09. The highest BCUT2D eigenvalue weighted by atomic mass is 16.3. The Morgan fingerprint density at radius 2 is 2.05 bits per heavy atom. The van der Waals surface area contributed by atoms with Crippen LogP contribution >= 0.6 is 0 Å². The van der Waals surface area contributed by atoms with Crippen LogP contribution in [-0.2, 0) is 0 Å². The average Bonchev–Trinajstić information content (AvgIpc) is 2.39. The van der Waals surface area contributed by atoms with E-state index in [0.29, 0.717) is 6.54 Å². The Bertz CT molecular complexity index is 464. The SMILES string of the molecule is CC(C)c1nc(N2CCN(CCO)CC2)cc(=O)[nH]1. The number of aromatic amines is 1. The number of β-amino-alcohol motifs (C(OH)–C–C–N with tert-alkyl or cyclic N) is 1. The van der Waals surface area contributed by atoms with E-state index in [9.17, 15) is 4.79 Å². The minimum Gasteiger partial charge on any atom is -0.395 e. The molecule has 0 bridgehead atoms. The quantitative estimate of drug-likeness (QED) is 0.803. The fourth-order valence-corrected chi connectivity index (χ4v) is 2.24. The normalized spacial score (nSPS) is 17.2. The summed E-state index contributed by atoms with van der Waals surface area (Å²) in [7, 11) is 0. The van der Waals surface area contributed by atoms with Gasteiger partial charge >= 0.3 is 0 Å². The van der Waals surface area contributed by atoms with Crippen LogP contribution in [0.3, 0.4) is 0 Å². The molecule has 106 valence electrons. The first kappa shape index (κ1) is 14.0. The zero-order valence-electron chi connectivity index (χ0n) is 11.6. The molecular weight excluding hydrogens is 244 g/mol. The van der Waals surface area contributed by atoms with Crippen LogP contribution in [0.1, 0.15) is 25.6 Å². The van der Waals surface area contributed by atoms with E-state index in [1.54, 1.807) is 6.07 Å². The number of piperazine rings is 1. The summed E-state index contributed by atoms with van der Waals surface area (Å²) in [6.45, 7) is 8.41. The second-order valence-corrected chi connectivity index (χ2v) is 5.20. The van der Waals surface area contributed by atoms with Gasteiger partial charge in [0.25, 0.3) is 5.56 Å². The van der Waals surface area contributed by atoms with Crippen molar-refractivity contribution in [3.8, 4) is 0 Å². The van der Waals surface area contributed by atoms with Crippen LogP contribution in [0.5, 0.6) is 0 Å². The van der Waals surface area contributed by atoms with Gasteiger partial charge < -0.3 is 15.0 Å². The van der Waals surface area contributed by atoms with Crippen molar-refractivity contribution in [2.24, 2.45) is 0 Å². The lowest BCUT2D eigenvalue weighted by Crippen LogP contribution is -2.47. The van der Waals surface area contributed by atoms with E-state index < -0.39 is 0 Å². The van der Waals surface area contributed by atoms with Gasteiger partial charge in [-0.15, -0.1) is 0 Å². The van der Waals surface area contributed by atoms with Crippen LogP contribution in [-0.4, -0.2) is 59.3 Å². The van der Waals surface area contributed by atoms with Gasteiger partial charge in [-0.3, -0.25) is 9.69 Å². The first-order chi connectivity index (χ1) is 9.10. The molecule has 1 saturated heterocycles. The molecule has 2 rings (SSSR count). The van der Waals surface area contributed by atoms with Crippen LogP contribution in [0.4, 0.5) is 5.82 Å². The molecule has 1 aromatic rings. The molecule has 0 aliphatic carbocycles. The number of nitrogens with zero attached hydrogens (tertiary/aromatic N) is 3. The Labute approximate surface area is 113 Å². The zero-order valence-corrected chi connectivity index (χ0v) is 11.6. The fraction of sp³-hybridized carbons (Fsp3) is 0.692. The molecule has 1 aliphatic rings. The van der Waals surface area contributed by atoms with Gasteiger partial charge in [0.2, 0.25) is 0 Å². The van der Waals surface area contributed by atoms with Crippen molar-refractivity contribution in [1.82, 2.24) is 14.9 Å². The lowest BCUT2D eigenvalue weighted by atomic mass is 10.2. The Morgan fingerprint density at radius 1 is 1.37 bits per heavy atom. The Hall–Kier alpha value is -1.40. The van der Waals surface area contributed by atoms with Crippen LogP contribution in [0.15, 0.2) is 10.9 Å². The van der Waals surface area contributed by atoms with Gasteiger partial charge in [0.05, 0.1) is 6.61 Å². The molecule has 0 aromatic carbocycles. The van der Waals surface area contributed by atoms with Crippen molar-refractivity contribution < 1.29 is 5.11 Å². The van der Waals surface area contributed by atoms with Crippen molar-refractivity contribution >= 4 is 5.82 Å². The monoisotopic (exact) mass is 266 g/mol. The van der Waals surface area contributed by atoms with Crippen molar-refractivity contribution in [1.29, 1.82) is 0 Å². The molecule has 0 atom stereocenters. The average molecular weight is 266 g/mol. The molecule has 2 N–H and O–H groups in total. The smallest absolute Gasteiger partial charge is 0.252 e. The van der Waals surface area contributed by atoms with Gasteiger partial charge in [0, 0.05) is 44.7 Å². The van der Waals surface area contributed by atoms with E-state index in [-0.39, 0.29) is 18.1 Å². The van der Waals surface area contributed by atoms with E-state index in [1.165, 1.54) is 0 Å². The number of aliphatic hydroxyl groups excluding tert-OH is 1. The summed E-state index contributed by atoms with van der Waals surface area (Å²) in [5.74, 6) is 1.71. The van der Waals surface area contributed by atoms with E-state index in [2.05, 4.69) is 19.8 Å². The molecule has 0 unspecified atom stereocenters. The highest BCUT2D eigenvalue weighted by Gasteiger charge is 2.18. The summed E-state index contributed by atoms with van der Waals surface area (Å²) >= 11 is 0. The maximum absolute atomic E-state index is 11.7. The summed E-state index contributed by atoms with van der Waals surface area (Å²) < 4.78 is 0. The maximum atomic E-state index is 11.7. The second-order valence-electron chi connectivity index (χ2n) is 5.20. The summed E-state index contributed by atoms with van der Waals surface area (Å²) in [5.41, 5.74) is -0.0912. The third kappa shape index (κ3) is 3.54. The molecule has 0 spiro atoms. The van der Waals surface area contributed by atoms with Crippen LogP contribution in [0.25, 0.3) is 0 Å². The summed E-state index contributed by atoms with van der Waals surface area (Å²) in [6, 6.07) is 1.56. The van der Waals surface area contributed by atoms with E-state index in [4.69, 9.17) is 5.11 Å². The van der Waals surface area contributed by atoms with Crippen molar-refractivity contribution in [2.75, 3.05) is 44.2 Å². The number of aliphatic hydroxyl groups is 1. The second kappa shape index (κ2) is 6.16. The van der Waals surface area contributed by atoms with Gasteiger partial charge in [-0.25, -0.2) is 4.98 Å². The highest BCUT2D eigenvalue weighted by molar-refractivity contribution is 5.38. The van der Waals surface area contributed by atoms with Crippen molar-refractivity contribution in [3.63, 3.8) is 0 Å². The summed E-state index contributed by atoms with van der Waals surface area (Å²) in [4.78, 5) is 23.3. The van der Waals surface area contributed by atoms with Gasteiger partial charge in [0.1, 0.15) is 11.6 Å². The molecule has 0 saturated carbocycles. The fourth-order valence-electron chi connectivity index (χ4n) is 2.24. The lowest BCUT2D eigenvalue weighted by Gasteiger charge is -2.35.